The quantitative estimate of drug-likeness (QED) is 0.651. The fourth-order valence-corrected chi connectivity index (χ4v) is 4.08. The first-order valence-electron chi connectivity index (χ1n) is 9.96. The van der Waals surface area contributed by atoms with E-state index in [1.807, 2.05) is 45.9 Å². The highest BCUT2D eigenvalue weighted by molar-refractivity contribution is 5.87. The lowest BCUT2D eigenvalue weighted by Gasteiger charge is -2.41. The molecule has 3 heterocycles. The molecule has 0 saturated carbocycles. The number of rotatable bonds is 2. The van der Waals surface area contributed by atoms with Crippen molar-refractivity contribution in [3.05, 3.63) is 65.1 Å². The third-order valence-corrected chi connectivity index (χ3v) is 5.30. The Morgan fingerprint density at radius 2 is 1.93 bits per heavy atom. The zero-order chi connectivity index (χ0) is 21.6. The lowest BCUT2D eigenvalue weighted by Crippen LogP contribution is -2.48. The maximum Gasteiger partial charge on any atom is 0.411 e. The van der Waals surface area contributed by atoms with E-state index < -0.39 is 23.7 Å². The highest BCUT2D eigenvalue weighted by atomic mass is 16.6. The summed E-state index contributed by atoms with van der Waals surface area (Å²) in [5.41, 5.74) is 3.12. The van der Waals surface area contributed by atoms with Gasteiger partial charge in [-0.1, -0.05) is 24.3 Å². The number of carboxylic acids is 1. The number of carbonyl (C=O) groups excluding carboxylic acids is 1. The van der Waals surface area contributed by atoms with E-state index in [2.05, 4.69) is 16.0 Å². The minimum Gasteiger partial charge on any atom is -0.477 e. The zero-order valence-corrected chi connectivity index (χ0v) is 17.5. The lowest BCUT2D eigenvalue weighted by molar-refractivity contribution is 0.00773. The van der Waals surface area contributed by atoms with Gasteiger partial charge in [0.15, 0.2) is 0 Å². The van der Waals surface area contributed by atoms with Crippen LogP contribution in [0.5, 0.6) is 0 Å². The van der Waals surface area contributed by atoms with Crippen molar-refractivity contribution in [3.63, 3.8) is 0 Å². The summed E-state index contributed by atoms with van der Waals surface area (Å²) < 4.78 is 5.71. The summed E-state index contributed by atoms with van der Waals surface area (Å²) >= 11 is 0. The molecule has 7 heteroatoms. The molecule has 4 rings (SSSR count). The van der Waals surface area contributed by atoms with Gasteiger partial charge in [0.25, 0.3) is 0 Å². The number of hydrogen-bond acceptors (Lipinski definition) is 4. The number of H-pyrrole nitrogens is 1. The fourth-order valence-electron chi connectivity index (χ4n) is 4.08. The van der Waals surface area contributed by atoms with Gasteiger partial charge in [-0.25, -0.2) is 14.6 Å². The van der Waals surface area contributed by atoms with E-state index in [-0.39, 0.29) is 11.7 Å². The molecule has 156 valence electrons. The van der Waals surface area contributed by atoms with Gasteiger partial charge in [-0.05, 0) is 57.4 Å². The van der Waals surface area contributed by atoms with Crippen molar-refractivity contribution in [1.82, 2.24) is 14.9 Å². The number of aromatic nitrogens is 2. The van der Waals surface area contributed by atoms with E-state index in [1.54, 1.807) is 11.0 Å². The summed E-state index contributed by atoms with van der Waals surface area (Å²) in [5.74, 6) is -1.09. The Kier molecular flexibility index (Phi) is 4.76. The summed E-state index contributed by atoms with van der Waals surface area (Å²) in [4.78, 5) is 33.7. The Hall–Kier alpha value is -3.35. The van der Waals surface area contributed by atoms with E-state index >= 15 is 0 Å². The van der Waals surface area contributed by atoms with Crippen LogP contribution in [0.15, 0.2) is 42.6 Å². The van der Waals surface area contributed by atoms with Gasteiger partial charge in [0.2, 0.25) is 0 Å². The average Bonchev–Trinajstić information content (AvgIpc) is 3.04. The average molecular weight is 407 g/mol. The van der Waals surface area contributed by atoms with Crippen LogP contribution in [0.4, 0.5) is 4.79 Å². The number of hydrogen-bond donors (Lipinski definition) is 2. The van der Waals surface area contributed by atoms with Crippen LogP contribution >= 0.6 is 0 Å². The topological polar surface area (TPSA) is 95.5 Å². The first-order chi connectivity index (χ1) is 14.2. The smallest absolute Gasteiger partial charge is 0.411 e. The van der Waals surface area contributed by atoms with E-state index in [0.29, 0.717) is 6.42 Å². The number of ether oxygens (including phenoxy) is 1. The highest BCUT2D eigenvalue weighted by Crippen LogP contribution is 2.41. The third kappa shape index (κ3) is 3.51. The number of benzene rings is 1. The number of pyridine rings is 1. The number of nitrogens with one attached hydrogen (secondary N) is 1. The van der Waals surface area contributed by atoms with Crippen LogP contribution in [-0.2, 0) is 11.2 Å². The standard InChI is InChI=1S/C23H25N3O4/c1-13-11-16-15-7-5-6-8-17(15)25-19(16)20(26(13)22(29)30-23(2,3)4)14-9-10-18(21(27)28)24-12-14/h5-10,12-13,20,25H,11H2,1-4H3,(H,27,28)/t13-,20-/m0/s1. The van der Waals surface area contributed by atoms with Crippen LogP contribution in [0.1, 0.15) is 61.0 Å². The van der Waals surface area contributed by atoms with E-state index in [9.17, 15) is 14.7 Å². The van der Waals surface area contributed by atoms with Crippen LogP contribution < -0.4 is 0 Å². The number of para-hydroxylation sites is 1. The largest absolute Gasteiger partial charge is 0.477 e. The first kappa shape index (κ1) is 19.9. The second kappa shape index (κ2) is 7.16. The molecule has 2 N–H and O–H groups in total. The predicted octanol–water partition coefficient (Wildman–Crippen LogP) is 4.53. The Bertz CT molecular complexity index is 1110. The highest BCUT2D eigenvalue weighted by Gasteiger charge is 2.40. The van der Waals surface area contributed by atoms with Crippen LogP contribution in [0.25, 0.3) is 10.9 Å². The van der Waals surface area contributed by atoms with Crippen molar-refractivity contribution >= 4 is 23.0 Å². The molecule has 0 saturated heterocycles. The molecule has 1 amide bonds. The second-order valence-electron chi connectivity index (χ2n) is 8.69. The number of aromatic carboxylic acids is 1. The molecule has 0 aliphatic carbocycles. The first-order valence-corrected chi connectivity index (χ1v) is 9.96. The van der Waals surface area contributed by atoms with Gasteiger partial charge in [-0.3, -0.25) is 4.90 Å². The van der Waals surface area contributed by atoms with Gasteiger partial charge in [0.1, 0.15) is 17.3 Å². The number of amides is 1. The molecule has 0 unspecified atom stereocenters. The van der Waals surface area contributed by atoms with Crippen molar-refractivity contribution in [3.8, 4) is 0 Å². The summed E-state index contributed by atoms with van der Waals surface area (Å²) in [6, 6.07) is 10.7. The van der Waals surface area contributed by atoms with Gasteiger partial charge >= 0.3 is 12.1 Å². The summed E-state index contributed by atoms with van der Waals surface area (Å²) in [5, 5.41) is 10.3. The summed E-state index contributed by atoms with van der Waals surface area (Å²) in [7, 11) is 0. The Labute approximate surface area is 174 Å². The molecule has 2 atom stereocenters. The Morgan fingerprint density at radius 1 is 1.20 bits per heavy atom. The number of aromatic amines is 1. The molecular formula is C23H25N3O4. The predicted molar refractivity (Wildman–Crippen MR) is 113 cm³/mol. The molecule has 0 fully saturated rings. The normalized spacial score (nSPS) is 18.9. The van der Waals surface area contributed by atoms with Gasteiger partial charge in [0, 0.05) is 28.8 Å². The minimum absolute atomic E-state index is 0.0386. The number of carbonyl (C=O) groups is 2. The molecule has 7 nitrogen and oxygen atoms in total. The summed E-state index contributed by atoms with van der Waals surface area (Å²) in [6.07, 6.45) is 1.81. The number of carboxylic acid groups (broad SMARTS) is 1. The third-order valence-electron chi connectivity index (χ3n) is 5.30. The van der Waals surface area contributed by atoms with Crippen LogP contribution in [-0.4, -0.2) is 43.7 Å². The molecule has 3 aromatic rings. The van der Waals surface area contributed by atoms with E-state index in [4.69, 9.17) is 4.74 Å². The van der Waals surface area contributed by atoms with E-state index in [0.717, 1.165) is 27.7 Å². The number of nitrogens with zero attached hydrogens (tertiary/aromatic N) is 2. The Morgan fingerprint density at radius 3 is 2.57 bits per heavy atom. The van der Waals surface area contributed by atoms with Crippen LogP contribution in [0, 0.1) is 0 Å². The van der Waals surface area contributed by atoms with Crippen molar-refractivity contribution in [2.75, 3.05) is 0 Å². The zero-order valence-electron chi connectivity index (χ0n) is 17.5. The van der Waals surface area contributed by atoms with Gasteiger partial charge in [-0.15, -0.1) is 0 Å². The molecule has 2 aromatic heterocycles. The summed E-state index contributed by atoms with van der Waals surface area (Å²) in [6.45, 7) is 7.52. The molecule has 1 aromatic carbocycles. The van der Waals surface area contributed by atoms with Crippen molar-refractivity contribution in [1.29, 1.82) is 0 Å². The molecule has 0 spiro atoms. The van der Waals surface area contributed by atoms with E-state index in [1.165, 1.54) is 12.3 Å². The maximum absolute atomic E-state index is 13.2. The van der Waals surface area contributed by atoms with Gasteiger partial charge in [-0.2, -0.15) is 0 Å². The molecule has 0 bridgehead atoms. The lowest BCUT2D eigenvalue weighted by atomic mass is 9.89. The fraction of sp³-hybridized carbons (Fsp3) is 0.348. The maximum atomic E-state index is 13.2. The van der Waals surface area contributed by atoms with Gasteiger partial charge < -0.3 is 14.8 Å². The van der Waals surface area contributed by atoms with Gasteiger partial charge in [0.05, 0.1) is 0 Å². The van der Waals surface area contributed by atoms with Crippen LogP contribution in [0.2, 0.25) is 0 Å². The van der Waals surface area contributed by atoms with Crippen molar-refractivity contribution in [2.24, 2.45) is 0 Å². The number of fused-ring (bicyclic) bond motifs is 3. The van der Waals surface area contributed by atoms with Crippen LogP contribution in [0.3, 0.4) is 0 Å². The second-order valence-corrected chi connectivity index (χ2v) is 8.69. The van der Waals surface area contributed by atoms with Crippen molar-refractivity contribution < 1.29 is 19.4 Å². The molecule has 1 aliphatic rings. The molecule has 0 radical (unpaired) electrons. The molecule has 30 heavy (non-hydrogen) atoms. The monoisotopic (exact) mass is 407 g/mol. The van der Waals surface area contributed by atoms with Crippen molar-refractivity contribution in [2.45, 2.75) is 51.8 Å². The minimum atomic E-state index is -1.09. The Balaban J connectivity index is 1.87. The molecular weight excluding hydrogens is 382 g/mol. The SMILES string of the molecule is C[C@H]1Cc2c([nH]c3ccccc23)[C@H](c2ccc(C(=O)O)nc2)N1C(=O)OC(C)(C)C. The molecule has 1 aliphatic heterocycles.